The van der Waals surface area contributed by atoms with E-state index in [2.05, 4.69) is 5.32 Å². The minimum Gasteiger partial charge on any atom is -0.497 e. The molecule has 0 amide bonds. The quantitative estimate of drug-likeness (QED) is 0.866. The average molecular weight is 291 g/mol. The number of benzene rings is 1. The van der Waals surface area contributed by atoms with Crippen LogP contribution >= 0.6 is 0 Å². The molecule has 4 heteroatoms. The molecule has 0 spiro atoms. The van der Waals surface area contributed by atoms with E-state index in [0.717, 1.165) is 30.7 Å². The van der Waals surface area contributed by atoms with Crippen molar-refractivity contribution in [2.24, 2.45) is 5.41 Å². The highest BCUT2D eigenvalue weighted by atomic mass is 16.5. The van der Waals surface area contributed by atoms with Crippen molar-refractivity contribution in [3.8, 4) is 5.75 Å². The molecule has 0 aliphatic carbocycles. The summed E-state index contributed by atoms with van der Waals surface area (Å²) in [6, 6.07) is 7.93. The van der Waals surface area contributed by atoms with Crippen LogP contribution in [0.25, 0.3) is 0 Å². The Hall–Kier alpha value is -1.55. The molecule has 1 aliphatic rings. The Morgan fingerprint density at radius 1 is 1.38 bits per heavy atom. The Bertz CT molecular complexity index is 487. The number of carbonyl (C=O) groups excluding carboxylic acids is 1. The van der Waals surface area contributed by atoms with Crippen LogP contribution in [-0.2, 0) is 9.53 Å². The Morgan fingerprint density at radius 2 is 2.14 bits per heavy atom. The molecule has 0 radical (unpaired) electrons. The van der Waals surface area contributed by atoms with Gasteiger partial charge in [0.1, 0.15) is 11.9 Å². The van der Waals surface area contributed by atoms with Gasteiger partial charge in [0.05, 0.1) is 12.5 Å². The van der Waals surface area contributed by atoms with Crippen LogP contribution < -0.4 is 10.1 Å². The first-order valence-electron chi connectivity index (χ1n) is 7.50. The fraction of sp³-hybridized carbons (Fsp3) is 0.588. The van der Waals surface area contributed by atoms with Crippen molar-refractivity contribution >= 4 is 5.97 Å². The van der Waals surface area contributed by atoms with Crippen molar-refractivity contribution < 1.29 is 14.3 Å². The maximum absolute atomic E-state index is 12.3. The lowest BCUT2D eigenvalue weighted by Crippen LogP contribution is -2.35. The van der Waals surface area contributed by atoms with E-state index in [4.69, 9.17) is 9.47 Å². The topological polar surface area (TPSA) is 47.6 Å². The molecule has 2 rings (SSSR count). The maximum Gasteiger partial charge on any atom is 0.311 e. The number of methoxy groups -OCH3 is 1. The minimum absolute atomic E-state index is 0.170. The summed E-state index contributed by atoms with van der Waals surface area (Å²) in [4.78, 5) is 12.3. The van der Waals surface area contributed by atoms with Crippen LogP contribution in [0.1, 0.15) is 45.3 Å². The number of ether oxygens (including phenoxy) is 2. The van der Waals surface area contributed by atoms with Gasteiger partial charge < -0.3 is 14.8 Å². The van der Waals surface area contributed by atoms with Gasteiger partial charge in [-0.25, -0.2) is 0 Å². The van der Waals surface area contributed by atoms with Gasteiger partial charge in [-0.2, -0.15) is 0 Å². The Balaban J connectivity index is 2.24. The van der Waals surface area contributed by atoms with Crippen LogP contribution in [0.5, 0.6) is 5.75 Å². The van der Waals surface area contributed by atoms with E-state index in [9.17, 15) is 4.79 Å². The Labute approximate surface area is 126 Å². The van der Waals surface area contributed by atoms with Crippen LogP contribution in [0.4, 0.5) is 0 Å². The summed E-state index contributed by atoms with van der Waals surface area (Å²) in [6.07, 6.45) is 1.85. The Morgan fingerprint density at radius 3 is 2.71 bits per heavy atom. The lowest BCUT2D eigenvalue weighted by atomic mass is 9.96. The van der Waals surface area contributed by atoms with Gasteiger partial charge >= 0.3 is 5.97 Å². The SMILES string of the molecule is COc1cccc(C(OC(=O)C(C)(C)C)[C@@H]2CCCN2)c1. The van der Waals surface area contributed by atoms with Crippen molar-refractivity contribution in [2.75, 3.05) is 13.7 Å². The molecule has 21 heavy (non-hydrogen) atoms. The first kappa shape index (κ1) is 15.8. The summed E-state index contributed by atoms with van der Waals surface area (Å²) in [5, 5.41) is 3.43. The van der Waals surface area contributed by atoms with E-state index >= 15 is 0 Å². The van der Waals surface area contributed by atoms with Gasteiger partial charge in [0.15, 0.2) is 0 Å². The molecular weight excluding hydrogens is 266 g/mol. The molecule has 116 valence electrons. The van der Waals surface area contributed by atoms with Crippen molar-refractivity contribution in [1.82, 2.24) is 5.32 Å². The number of hydrogen-bond donors (Lipinski definition) is 1. The van der Waals surface area contributed by atoms with Crippen LogP contribution in [0, 0.1) is 5.41 Å². The number of rotatable bonds is 4. The smallest absolute Gasteiger partial charge is 0.311 e. The largest absolute Gasteiger partial charge is 0.497 e. The molecule has 0 aromatic heterocycles. The third-order valence-electron chi connectivity index (χ3n) is 3.73. The Kier molecular flexibility index (Phi) is 4.88. The first-order chi connectivity index (χ1) is 9.91. The zero-order valence-electron chi connectivity index (χ0n) is 13.3. The first-order valence-corrected chi connectivity index (χ1v) is 7.50. The minimum atomic E-state index is -0.504. The highest BCUT2D eigenvalue weighted by Gasteiger charge is 2.33. The van der Waals surface area contributed by atoms with Crippen molar-refractivity contribution in [2.45, 2.75) is 45.8 Å². The number of nitrogens with one attached hydrogen (secondary N) is 1. The summed E-state index contributed by atoms with van der Waals surface area (Å²) in [5.41, 5.74) is 0.474. The third kappa shape index (κ3) is 3.97. The van der Waals surface area contributed by atoms with Gasteiger partial charge in [-0.05, 0) is 57.9 Å². The molecule has 1 aliphatic heterocycles. The zero-order valence-corrected chi connectivity index (χ0v) is 13.3. The van der Waals surface area contributed by atoms with Gasteiger partial charge in [-0.1, -0.05) is 12.1 Å². The highest BCUT2D eigenvalue weighted by Crippen LogP contribution is 2.31. The van der Waals surface area contributed by atoms with Gasteiger partial charge in [0.25, 0.3) is 0 Å². The third-order valence-corrected chi connectivity index (χ3v) is 3.73. The van der Waals surface area contributed by atoms with Crippen LogP contribution in [0.15, 0.2) is 24.3 Å². The number of esters is 1. The molecule has 1 aromatic carbocycles. The maximum atomic E-state index is 12.3. The molecule has 1 saturated heterocycles. The van der Waals surface area contributed by atoms with E-state index in [1.165, 1.54) is 0 Å². The summed E-state index contributed by atoms with van der Waals surface area (Å²) in [7, 11) is 1.64. The van der Waals surface area contributed by atoms with E-state index in [0.29, 0.717) is 0 Å². The fourth-order valence-corrected chi connectivity index (χ4v) is 2.46. The van der Waals surface area contributed by atoms with Gasteiger partial charge in [-0.3, -0.25) is 4.79 Å². The van der Waals surface area contributed by atoms with Crippen molar-refractivity contribution in [1.29, 1.82) is 0 Å². The van der Waals surface area contributed by atoms with Crippen LogP contribution in [-0.4, -0.2) is 25.7 Å². The normalized spacial score (nSPS) is 20.1. The van der Waals surface area contributed by atoms with Gasteiger partial charge in [0.2, 0.25) is 0 Å². The molecule has 1 aromatic rings. The summed E-state index contributed by atoms with van der Waals surface area (Å²) < 4.78 is 11.1. The molecule has 1 unspecified atom stereocenters. The summed E-state index contributed by atoms with van der Waals surface area (Å²) in [6.45, 7) is 6.60. The van der Waals surface area contributed by atoms with Gasteiger partial charge in [-0.15, -0.1) is 0 Å². The summed E-state index contributed by atoms with van der Waals surface area (Å²) >= 11 is 0. The molecule has 1 N–H and O–H groups in total. The second-order valence-electron chi connectivity index (χ2n) is 6.56. The van der Waals surface area contributed by atoms with Crippen molar-refractivity contribution in [3.05, 3.63) is 29.8 Å². The highest BCUT2D eigenvalue weighted by molar-refractivity contribution is 5.75. The second-order valence-corrected chi connectivity index (χ2v) is 6.56. The lowest BCUT2D eigenvalue weighted by Gasteiger charge is -2.28. The van der Waals surface area contributed by atoms with E-state index in [-0.39, 0.29) is 18.1 Å². The average Bonchev–Trinajstić information content (AvgIpc) is 2.97. The summed E-state index contributed by atoms with van der Waals surface area (Å²) in [5.74, 6) is 0.603. The number of carbonyl (C=O) groups is 1. The predicted octanol–water partition coefficient (Wildman–Crippen LogP) is 3.08. The van der Waals surface area contributed by atoms with Gasteiger partial charge in [0, 0.05) is 6.04 Å². The lowest BCUT2D eigenvalue weighted by molar-refractivity contribution is -0.160. The van der Waals surface area contributed by atoms with E-state index in [1.54, 1.807) is 7.11 Å². The zero-order chi connectivity index (χ0) is 15.5. The van der Waals surface area contributed by atoms with Crippen LogP contribution in [0.2, 0.25) is 0 Å². The molecule has 1 fully saturated rings. The predicted molar refractivity (Wildman–Crippen MR) is 82.3 cm³/mol. The molecular formula is C17H25NO3. The molecule has 2 atom stereocenters. The van der Waals surface area contributed by atoms with Crippen molar-refractivity contribution in [3.63, 3.8) is 0 Å². The van der Waals surface area contributed by atoms with Crippen LogP contribution in [0.3, 0.4) is 0 Å². The fourth-order valence-electron chi connectivity index (χ4n) is 2.46. The molecule has 1 heterocycles. The number of hydrogen-bond acceptors (Lipinski definition) is 4. The molecule has 0 bridgehead atoms. The van der Waals surface area contributed by atoms with E-state index in [1.807, 2.05) is 45.0 Å². The molecule has 0 saturated carbocycles. The monoisotopic (exact) mass is 291 g/mol. The molecule has 4 nitrogen and oxygen atoms in total. The second kappa shape index (κ2) is 6.48. The standard InChI is InChI=1S/C17H25NO3/c1-17(2,3)16(19)21-15(14-9-6-10-18-14)12-7-5-8-13(11-12)20-4/h5,7-8,11,14-15,18H,6,9-10H2,1-4H3/t14-,15?/m0/s1. The van der Waals surface area contributed by atoms with E-state index < -0.39 is 5.41 Å².